The summed E-state index contributed by atoms with van der Waals surface area (Å²) in [5.41, 5.74) is 2.89. The van der Waals surface area contributed by atoms with E-state index >= 15 is 0 Å². The molecule has 0 unspecified atom stereocenters. The van der Waals surface area contributed by atoms with E-state index in [1.54, 1.807) is 11.3 Å². The molecule has 1 aromatic carbocycles. The van der Waals surface area contributed by atoms with Gasteiger partial charge in [0.25, 0.3) is 0 Å². The van der Waals surface area contributed by atoms with Gasteiger partial charge in [0.15, 0.2) is 0 Å². The molecule has 2 nitrogen and oxygen atoms in total. The molecule has 0 N–H and O–H groups in total. The van der Waals surface area contributed by atoms with Crippen LogP contribution in [0.15, 0.2) is 45.6 Å². The van der Waals surface area contributed by atoms with E-state index in [0.717, 1.165) is 18.9 Å². The number of rotatable bonds is 7. The third-order valence-corrected chi connectivity index (χ3v) is 6.14. The zero-order valence-corrected chi connectivity index (χ0v) is 16.9. The molecule has 1 aromatic heterocycles. The largest absolute Gasteiger partial charge is 0.303 e. The first kappa shape index (κ1) is 18.1. The highest BCUT2D eigenvalue weighted by atomic mass is 79.9. The van der Waals surface area contributed by atoms with Gasteiger partial charge in [0.1, 0.15) is 0 Å². The second-order valence-corrected chi connectivity index (χ2v) is 8.69. The Morgan fingerprint density at radius 3 is 2.75 bits per heavy atom. The van der Waals surface area contributed by atoms with Gasteiger partial charge in [-0.1, -0.05) is 28.1 Å². The van der Waals surface area contributed by atoms with Crippen molar-refractivity contribution in [1.82, 2.24) is 9.80 Å². The van der Waals surface area contributed by atoms with Crippen LogP contribution >= 0.6 is 27.3 Å². The molecule has 1 fully saturated rings. The highest BCUT2D eigenvalue weighted by molar-refractivity contribution is 9.10. The van der Waals surface area contributed by atoms with Crippen LogP contribution in [-0.2, 0) is 13.0 Å². The standard InChI is InChI=1S/C20H27BrN2S/c1-22(15-19-8-12-24-16-19)14-18-6-10-23(11-7-18)9-5-17-3-2-4-20(21)13-17/h2-4,8,12-13,16,18H,5-7,9-11,14-15H2,1H3. The van der Waals surface area contributed by atoms with Crippen LogP contribution in [0.5, 0.6) is 0 Å². The topological polar surface area (TPSA) is 6.48 Å². The van der Waals surface area contributed by atoms with E-state index in [1.807, 2.05) is 0 Å². The molecule has 0 atom stereocenters. The molecule has 0 amide bonds. The van der Waals surface area contributed by atoms with Crippen LogP contribution in [-0.4, -0.2) is 43.0 Å². The molecule has 130 valence electrons. The Bertz CT molecular complexity index is 606. The van der Waals surface area contributed by atoms with Crippen molar-refractivity contribution in [3.8, 4) is 0 Å². The fourth-order valence-electron chi connectivity index (χ4n) is 3.57. The van der Waals surface area contributed by atoms with E-state index in [2.05, 4.69) is 73.9 Å². The normalized spacial score (nSPS) is 16.8. The number of nitrogens with zero attached hydrogens (tertiary/aromatic N) is 2. The Labute approximate surface area is 158 Å². The van der Waals surface area contributed by atoms with Crippen molar-refractivity contribution in [2.24, 2.45) is 5.92 Å². The van der Waals surface area contributed by atoms with Crippen LogP contribution in [0.25, 0.3) is 0 Å². The van der Waals surface area contributed by atoms with Crippen molar-refractivity contribution in [3.05, 3.63) is 56.7 Å². The third-order valence-electron chi connectivity index (χ3n) is 4.92. The maximum Gasteiger partial charge on any atom is 0.0239 e. The van der Waals surface area contributed by atoms with Gasteiger partial charge >= 0.3 is 0 Å². The summed E-state index contributed by atoms with van der Waals surface area (Å²) in [6, 6.07) is 10.9. The number of benzene rings is 1. The fraction of sp³-hybridized carbons (Fsp3) is 0.500. The lowest BCUT2D eigenvalue weighted by Gasteiger charge is -2.34. The molecule has 24 heavy (non-hydrogen) atoms. The minimum absolute atomic E-state index is 0.857. The summed E-state index contributed by atoms with van der Waals surface area (Å²) in [6.07, 6.45) is 3.83. The van der Waals surface area contributed by atoms with E-state index in [9.17, 15) is 0 Å². The van der Waals surface area contributed by atoms with Gasteiger partial charge in [0, 0.05) is 24.1 Å². The predicted molar refractivity (Wildman–Crippen MR) is 108 cm³/mol. The molecule has 2 heterocycles. The zero-order valence-electron chi connectivity index (χ0n) is 14.5. The summed E-state index contributed by atoms with van der Waals surface area (Å²) in [7, 11) is 2.26. The lowest BCUT2D eigenvalue weighted by atomic mass is 9.96. The summed E-state index contributed by atoms with van der Waals surface area (Å²) >= 11 is 5.36. The molecule has 1 saturated heterocycles. The molecule has 0 radical (unpaired) electrons. The van der Waals surface area contributed by atoms with Crippen molar-refractivity contribution in [3.63, 3.8) is 0 Å². The van der Waals surface area contributed by atoms with E-state index in [-0.39, 0.29) is 0 Å². The summed E-state index contributed by atoms with van der Waals surface area (Å²) in [6.45, 7) is 6.02. The molecule has 3 rings (SSSR count). The minimum atomic E-state index is 0.857. The molecule has 4 heteroatoms. The highest BCUT2D eigenvalue weighted by Gasteiger charge is 2.20. The van der Waals surface area contributed by atoms with Crippen LogP contribution in [0.4, 0.5) is 0 Å². The van der Waals surface area contributed by atoms with E-state index in [1.165, 1.54) is 54.6 Å². The molecular formula is C20H27BrN2S. The van der Waals surface area contributed by atoms with Crippen molar-refractivity contribution < 1.29 is 0 Å². The van der Waals surface area contributed by atoms with Crippen LogP contribution < -0.4 is 0 Å². The number of hydrogen-bond acceptors (Lipinski definition) is 3. The highest BCUT2D eigenvalue weighted by Crippen LogP contribution is 2.20. The van der Waals surface area contributed by atoms with Crippen molar-refractivity contribution in [2.75, 3.05) is 33.2 Å². The smallest absolute Gasteiger partial charge is 0.0239 e. The quantitative estimate of drug-likeness (QED) is 0.644. The SMILES string of the molecule is CN(Cc1ccsc1)CC1CCN(CCc2cccc(Br)c2)CC1. The van der Waals surface area contributed by atoms with Gasteiger partial charge in [-0.3, -0.25) is 0 Å². The Hall–Kier alpha value is -0.680. The Morgan fingerprint density at radius 1 is 1.21 bits per heavy atom. The Kier molecular flexibility index (Phi) is 6.90. The maximum atomic E-state index is 3.56. The zero-order chi connectivity index (χ0) is 16.8. The average molecular weight is 407 g/mol. The number of likely N-dealkylation sites (tertiary alicyclic amines) is 1. The second kappa shape index (κ2) is 9.14. The van der Waals surface area contributed by atoms with E-state index < -0.39 is 0 Å². The van der Waals surface area contributed by atoms with E-state index in [0.29, 0.717) is 0 Å². The van der Waals surface area contributed by atoms with Crippen LogP contribution in [0.2, 0.25) is 0 Å². The van der Waals surface area contributed by atoms with Gasteiger partial charge in [0.2, 0.25) is 0 Å². The summed E-state index contributed by atoms with van der Waals surface area (Å²) < 4.78 is 1.19. The monoisotopic (exact) mass is 406 g/mol. The first-order chi connectivity index (χ1) is 11.7. The number of thiophene rings is 1. The van der Waals surface area contributed by atoms with Crippen LogP contribution in [0.3, 0.4) is 0 Å². The van der Waals surface area contributed by atoms with Crippen molar-refractivity contribution in [1.29, 1.82) is 0 Å². The molecule has 1 aliphatic heterocycles. The summed E-state index contributed by atoms with van der Waals surface area (Å²) in [4.78, 5) is 5.13. The molecule has 0 bridgehead atoms. The summed E-state index contributed by atoms with van der Waals surface area (Å²) in [5.74, 6) is 0.857. The van der Waals surface area contributed by atoms with Crippen LogP contribution in [0.1, 0.15) is 24.0 Å². The van der Waals surface area contributed by atoms with Crippen LogP contribution in [0, 0.1) is 5.92 Å². The number of piperidine rings is 1. The molecular weight excluding hydrogens is 380 g/mol. The maximum absolute atomic E-state index is 3.56. The van der Waals surface area contributed by atoms with Gasteiger partial charge in [-0.25, -0.2) is 0 Å². The van der Waals surface area contributed by atoms with Gasteiger partial charge < -0.3 is 9.80 Å². The average Bonchev–Trinajstić information content (AvgIpc) is 3.07. The van der Waals surface area contributed by atoms with E-state index in [4.69, 9.17) is 0 Å². The molecule has 2 aromatic rings. The first-order valence-electron chi connectivity index (χ1n) is 8.85. The van der Waals surface area contributed by atoms with Crippen molar-refractivity contribution in [2.45, 2.75) is 25.8 Å². The summed E-state index contributed by atoms with van der Waals surface area (Å²) in [5, 5.41) is 4.44. The second-order valence-electron chi connectivity index (χ2n) is 6.99. The lowest BCUT2D eigenvalue weighted by Crippen LogP contribution is -2.38. The first-order valence-corrected chi connectivity index (χ1v) is 10.6. The molecule has 0 aliphatic carbocycles. The van der Waals surface area contributed by atoms with Gasteiger partial charge in [-0.15, -0.1) is 0 Å². The molecule has 1 aliphatic rings. The van der Waals surface area contributed by atoms with Crippen molar-refractivity contribution >= 4 is 27.3 Å². The Balaban J connectivity index is 1.36. The lowest BCUT2D eigenvalue weighted by molar-refractivity contribution is 0.153. The van der Waals surface area contributed by atoms with Gasteiger partial charge in [-0.2, -0.15) is 11.3 Å². The third kappa shape index (κ3) is 5.69. The Morgan fingerprint density at radius 2 is 2.04 bits per heavy atom. The van der Waals surface area contributed by atoms with Gasteiger partial charge in [0.05, 0.1) is 0 Å². The predicted octanol–water partition coefficient (Wildman–Crippen LogP) is 4.90. The minimum Gasteiger partial charge on any atom is -0.303 e. The fourth-order valence-corrected chi connectivity index (χ4v) is 4.68. The van der Waals surface area contributed by atoms with Gasteiger partial charge in [-0.05, 0) is 85.4 Å². The molecule has 0 saturated carbocycles. The number of hydrogen-bond donors (Lipinski definition) is 0. The molecule has 0 spiro atoms. The number of halogens is 1.